The van der Waals surface area contributed by atoms with Gasteiger partial charge in [0.25, 0.3) is 0 Å². The molecule has 15 heavy (non-hydrogen) atoms. The Morgan fingerprint density at radius 2 is 2.40 bits per heavy atom. The Hall–Kier alpha value is -2.42. The standard InChI is InChI=1S/C9H4FN3O2/c10-15-9(14)8-6(5-11)13-4-2-1-3-7(13)12-8/h1-4H. The molecule has 0 saturated carbocycles. The van der Waals surface area contributed by atoms with Crippen molar-refractivity contribution in [1.29, 1.82) is 5.26 Å². The smallest absolute Gasteiger partial charge is 0.291 e. The van der Waals surface area contributed by atoms with E-state index in [1.807, 2.05) is 0 Å². The first kappa shape index (κ1) is 9.15. The zero-order chi connectivity index (χ0) is 10.8. The summed E-state index contributed by atoms with van der Waals surface area (Å²) in [7, 11) is 0. The molecule has 0 spiro atoms. The molecule has 0 fully saturated rings. The van der Waals surface area contributed by atoms with Crippen LogP contribution in [0.3, 0.4) is 0 Å². The molecule has 2 aromatic rings. The van der Waals surface area contributed by atoms with Crippen LogP contribution in [0.15, 0.2) is 24.4 Å². The Labute approximate surface area is 83.2 Å². The maximum atomic E-state index is 11.7. The highest BCUT2D eigenvalue weighted by Gasteiger charge is 2.20. The number of imidazole rings is 1. The SMILES string of the molecule is N#Cc1c(C(=O)OF)nc2ccccn12. The van der Waals surface area contributed by atoms with Crippen LogP contribution in [0.2, 0.25) is 0 Å². The van der Waals surface area contributed by atoms with Gasteiger partial charge in [-0.2, -0.15) is 5.26 Å². The fourth-order valence-electron chi connectivity index (χ4n) is 1.28. The average Bonchev–Trinajstić information content (AvgIpc) is 2.66. The number of nitriles is 1. The number of rotatable bonds is 1. The van der Waals surface area contributed by atoms with Gasteiger partial charge in [-0.25, -0.2) is 14.7 Å². The van der Waals surface area contributed by atoms with Gasteiger partial charge in [-0.15, -0.1) is 0 Å². The third-order valence-corrected chi connectivity index (χ3v) is 1.90. The van der Waals surface area contributed by atoms with E-state index in [0.29, 0.717) is 5.65 Å². The highest BCUT2D eigenvalue weighted by atomic mass is 19.3. The summed E-state index contributed by atoms with van der Waals surface area (Å²) in [5.74, 6) is -1.27. The van der Waals surface area contributed by atoms with Gasteiger partial charge in [-0.3, -0.25) is 4.40 Å². The number of fused-ring (bicyclic) bond motifs is 1. The molecule has 0 aliphatic heterocycles. The second-order valence-electron chi connectivity index (χ2n) is 2.71. The van der Waals surface area contributed by atoms with E-state index < -0.39 is 5.97 Å². The molecule has 0 unspecified atom stereocenters. The number of aromatic nitrogens is 2. The second kappa shape index (κ2) is 3.38. The number of carbonyl (C=O) groups is 1. The zero-order valence-corrected chi connectivity index (χ0v) is 7.35. The van der Waals surface area contributed by atoms with Crippen LogP contribution >= 0.6 is 0 Å². The van der Waals surface area contributed by atoms with Crippen molar-refractivity contribution in [2.45, 2.75) is 0 Å². The fraction of sp³-hybridized carbons (Fsp3) is 0. The van der Waals surface area contributed by atoms with E-state index in [4.69, 9.17) is 5.26 Å². The van der Waals surface area contributed by atoms with Gasteiger partial charge in [0.05, 0.1) is 0 Å². The molecule has 2 heterocycles. The van der Waals surface area contributed by atoms with Crippen molar-refractivity contribution in [2.24, 2.45) is 0 Å². The van der Waals surface area contributed by atoms with E-state index in [1.165, 1.54) is 4.40 Å². The first-order valence-corrected chi connectivity index (χ1v) is 3.98. The van der Waals surface area contributed by atoms with Gasteiger partial charge in [0.2, 0.25) is 0 Å². The molecule has 2 rings (SSSR count). The molecular weight excluding hydrogens is 201 g/mol. The highest BCUT2D eigenvalue weighted by molar-refractivity contribution is 5.90. The monoisotopic (exact) mass is 205 g/mol. The minimum atomic E-state index is -1.27. The molecule has 0 bridgehead atoms. The maximum absolute atomic E-state index is 11.7. The van der Waals surface area contributed by atoms with Gasteiger partial charge in [0.1, 0.15) is 11.7 Å². The summed E-state index contributed by atoms with van der Waals surface area (Å²) in [6.45, 7) is 0. The van der Waals surface area contributed by atoms with E-state index >= 15 is 0 Å². The second-order valence-corrected chi connectivity index (χ2v) is 2.71. The van der Waals surface area contributed by atoms with Crippen molar-refractivity contribution >= 4 is 11.6 Å². The van der Waals surface area contributed by atoms with Crippen LogP contribution in [0.4, 0.5) is 4.53 Å². The summed E-state index contributed by atoms with van der Waals surface area (Å²) in [6.07, 6.45) is 1.55. The molecule has 6 heteroatoms. The Morgan fingerprint density at radius 3 is 3.07 bits per heavy atom. The van der Waals surface area contributed by atoms with Crippen LogP contribution in [0.5, 0.6) is 0 Å². The molecule has 0 aliphatic carbocycles. The molecule has 5 nitrogen and oxygen atoms in total. The lowest BCUT2D eigenvalue weighted by atomic mass is 10.3. The Morgan fingerprint density at radius 1 is 1.60 bits per heavy atom. The van der Waals surface area contributed by atoms with Crippen LogP contribution in [0.1, 0.15) is 16.2 Å². The van der Waals surface area contributed by atoms with Crippen LogP contribution in [0.25, 0.3) is 5.65 Å². The predicted octanol–water partition coefficient (Wildman–Crippen LogP) is 1.25. The van der Waals surface area contributed by atoms with Crippen molar-refractivity contribution < 1.29 is 14.3 Å². The van der Waals surface area contributed by atoms with Gasteiger partial charge in [0, 0.05) is 10.7 Å². The summed E-state index contributed by atoms with van der Waals surface area (Å²) < 4.78 is 13.1. The van der Waals surface area contributed by atoms with Crippen molar-refractivity contribution in [3.8, 4) is 6.07 Å². The number of nitrogens with zero attached hydrogens (tertiary/aromatic N) is 3. The van der Waals surface area contributed by atoms with Crippen molar-refractivity contribution in [3.63, 3.8) is 0 Å². The fourth-order valence-corrected chi connectivity index (χ4v) is 1.28. The van der Waals surface area contributed by atoms with Gasteiger partial charge in [-0.05, 0) is 12.1 Å². The molecule has 74 valence electrons. The van der Waals surface area contributed by atoms with E-state index in [1.54, 1.807) is 30.5 Å². The summed E-state index contributed by atoms with van der Waals surface area (Å²) in [4.78, 5) is 17.8. The van der Waals surface area contributed by atoms with Gasteiger partial charge < -0.3 is 0 Å². The lowest BCUT2D eigenvalue weighted by Crippen LogP contribution is -2.02. The molecule has 0 aliphatic rings. The van der Waals surface area contributed by atoms with E-state index in [2.05, 4.69) is 9.93 Å². The molecule has 0 amide bonds. The number of hydrogen-bond acceptors (Lipinski definition) is 4. The van der Waals surface area contributed by atoms with E-state index in [-0.39, 0.29) is 11.4 Å². The summed E-state index contributed by atoms with van der Waals surface area (Å²) in [5, 5.41) is 8.81. The van der Waals surface area contributed by atoms with Crippen molar-refractivity contribution in [1.82, 2.24) is 9.38 Å². The normalized spacial score (nSPS) is 9.87. The van der Waals surface area contributed by atoms with Crippen molar-refractivity contribution in [3.05, 3.63) is 35.8 Å². The summed E-state index contributed by atoms with van der Waals surface area (Å²) in [6, 6.07) is 6.72. The third-order valence-electron chi connectivity index (χ3n) is 1.90. The molecule has 0 aromatic carbocycles. The number of halogens is 1. The van der Waals surface area contributed by atoms with Gasteiger partial charge in [0.15, 0.2) is 11.4 Å². The molecule has 0 saturated heterocycles. The Bertz CT molecular complexity index is 570. The van der Waals surface area contributed by atoms with Gasteiger partial charge >= 0.3 is 5.97 Å². The van der Waals surface area contributed by atoms with Crippen LogP contribution in [0, 0.1) is 11.3 Å². The van der Waals surface area contributed by atoms with Crippen LogP contribution in [-0.2, 0) is 4.94 Å². The van der Waals surface area contributed by atoms with E-state index in [0.717, 1.165) is 0 Å². The molecule has 0 atom stereocenters. The lowest BCUT2D eigenvalue weighted by Gasteiger charge is -1.91. The Kier molecular flexibility index (Phi) is 2.06. The van der Waals surface area contributed by atoms with E-state index in [9.17, 15) is 9.32 Å². The van der Waals surface area contributed by atoms with Crippen molar-refractivity contribution in [2.75, 3.05) is 0 Å². The first-order valence-electron chi connectivity index (χ1n) is 3.98. The minimum Gasteiger partial charge on any atom is -0.291 e. The minimum absolute atomic E-state index is 0.0479. The molecular formula is C9H4FN3O2. The first-order chi connectivity index (χ1) is 7.27. The molecule has 2 aromatic heterocycles. The average molecular weight is 205 g/mol. The molecule has 0 radical (unpaired) electrons. The number of carbonyl (C=O) groups excluding carboxylic acids is 1. The summed E-state index contributed by atoms with van der Waals surface area (Å²) in [5.41, 5.74) is 0.00824. The van der Waals surface area contributed by atoms with Crippen LogP contribution in [-0.4, -0.2) is 15.4 Å². The quantitative estimate of drug-likeness (QED) is 0.702. The summed E-state index contributed by atoms with van der Waals surface area (Å²) >= 11 is 0. The number of hydrogen-bond donors (Lipinski definition) is 0. The zero-order valence-electron chi connectivity index (χ0n) is 7.35. The maximum Gasteiger partial charge on any atom is 0.400 e. The number of pyridine rings is 1. The van der Waals surface area contributed by atoms with Crippen LogP contribution < -0.4 is 0 Å². The topological polar surface area (TPSA) is 67.4 Å². The van der Waals surface area contributed by atoms with Gasteiger partial charge in [-0.1, -0.05) is 6.07 Å². The molecule has 0 N–H and O–H groups in total. The highest BCUT2D eigenvalue weighted by Crippen LogP contribution is 2.12. The largest absolute Gasteiger partial charge is 0.400 e. The lowest BCUT2D eigenvalue weighted by molar-refractivity contribution is -0.0792. The Balaban J connectivity index is 2.76. The predicted molar refractivity (Wildman–Crippen MR) is 46.4 cm³/mol. The third kappa shape index (κ3) is 1.30.